The van der Waals surface area contributed by atoms with Crippen LogP contribution in [0.2, 0.25) is 0 Å². The number of carbonyl (C=O) groups is 3. The third-order valence-corrected chi connectivity index (χ3v) is 4.98. The molecule has 1 aliphatic heterocycles. The van der Waals surface area contributed by atoms with Gasteiger partial charge in [0, 0.05) is 44.7 Å². The first-order valence-electron chi connectivity index (χ1n) is 10.2. The standard InChI is InChI=1S/C22H33N3O4/c1-6-24(16(2)26)15-18-9-7-8-10-19(18)23-20(27)17-11-13-25(14-12-17)21(28)29-22(3,4)5/h7-10,17H,6,11-15H2,1-5H3,(H,23,27). The minimum Gasteiger partial charge on any atom is -0.444 e. The number of likely N-dealkylation sites (tertiary alicyclic amines) is 1. The van der Waals surface area contributed by atoms with Crippen LogP contribution < -0.4 is 5.32 Å². The van der Waals surface area contributed by atoms with Crippen LogP contribution in [0.3, 0.4) is 0 Å². The lowest BCUT2D eigenvalue weighted by Crippen LogP contribution is -2.43. The van der Waals surface area contributed by atoms with Gasteiger partial charge in [0.1, 0.15) is 5.60 Å². The summed E-state index contributed by atoms with van der Waals surface area (Å²) in [5.41, 5.74) is 1.11. The Morgan fingerprint density at radius 2 is 1.79 bits per heavy atom. The van der Waals surface area contributed by atoms with Crippen molar-refractivity contribution in [3.8, 4) is 0 Å². The van der Waals surface area contributed by atoms with E-state index < -0.39 is 5.60 Å². The first-order valence-corrected chi connectivity index (χ1v) is 10.2. The van der Waals surface area contributed by atoms with E-state index in [1.54, 1.807) is 16.7 Å². The molecule has 1 aromatic rings. The topological polar surface area (TPSA) is 79.0 Å². The average molecular weight is 404 g/mol. The molecule has 0 aromatic heterocycles. The Bertz CT molecular complexity index is 734. The molecule has 1 heterocycles. The number of anilines is 1. The molecule has 3 amide bonds. The monoisotopic (exact) mass is 403 g/mol. The van der Waals surface area contributed by atoms with E-state index in [4.69, 9.17) is 4.74 Å². The summed E-state index contributed by atoms with van der Waals surface area (Å²) < 4.78 is 5.41. The molecule has 0 unspecified atom stereocenters. The molecular weight excluding hydrogens is 370 g/mol. The number of para-hydroxylation sites is 1. The molecule has 29 heavy (non-hydrogen) atoms. The number of ether oxygens (including phenoxy) is 1. The highest BCUT2D eigenvalue weighted by molar-refractivity contribution is 5.93. The summed E-state index contributed by atoms with van der Waals surface area (Å²) in [6, 6.07) is 7.55. The molecule has 1 saturated heterocycles. The first kappa shape index (κ1) is 22.7. The summed E-state index contributed by atoms with van der Waals surface area (Å²) in [5, 5.41) is 3.02. The summed E-state index contributed by atoms with van der Waals surface area (Å²) in [4.78, 5) is 40.1. The van der Waals surface area contributed by atoms with Gasteiger partial charge < -0.3 is 19.9 Å². The molecule has 1 aromatic carbocycles. The molecule has 0 bridgehead atoms. The highest BCUT2D eigenvalue weighted by Crippen LogP contribution is 2.23. The van der Waals surface area contributed by atoms with Gasteiger partial charge in [0.25, 0.3) is 0 Å². The summed E-state index contributed by atoms with van der Waals surface area (Å²) >= 11 is 0. The molecule has 1 aliphatic rings. The fourth-order valence-corrected chi connectivity index (χ4v) is 3.32. The zero-order valence-corrected chi connectivity index (χ0v) is 18.2. The van der Waals surface area contributed by atoms with Crippen molar-refractivity contribution in [2.45, 2.75) is 59.6 Å². The van der Waals surface area contributed by atoms with Crippen LogP contribution in [0.15, 0.2) is 24.3 Å². The summed E-state index contributed by atoms with van der Waals surface area (Å²) in [6.45, 7) is 11.1. The summed E-state index contributed by atoms with van der Waals surface area (Å²) in [6.07, 6.45) is 0.870. The maximum absolute atomic E-state index is 12.8. The van der Waals surface area contributed by atoms with Crippen LogP contribution in [-0.4, -0.2) is 52.9 Å². The van der Waals surface area contributed by atoms with Crippen LogP contribution in [0.5, 0.6) is 0 Å². The fraction of sp³-hybridized carbons (Fsp3) is 0.591. The van der Waals surface area contributed by atoms with E-state index in [1.165, 1.54) is 0 Å². The Kier molecular flexibility index (Phi) is 7.65. The third kappa shape index (κ3) is 6.76. The van der Waals surface area contributed by atoms with Gasteiger partial charge >= 0.3 is 6.09 Å². The van der Waals surface area contributed by atoms with Crippen molar-refractivity contribution in [2.24, 2.45) is 5.92 Å². The Hall–Kier alpha value is -2.57. The van der Waals surface area contributed by atoms with Gasteiger partial charge in [0.15, 0.2) is 0 Å². The van der Waals surface area contributed by atoms with Gasteiger partial charge in [0.05, 0.1) is 0 Å². The number of rotatable bonds is 5. The van der Waals surface area contributed by atoms with Crippen LogP contribution in [0.1, 0.15) is 53.0 Å². The average Bonchev–Trinajstić information content (AvgIpc) is 2.65. The highest BCUT2D eigenvalue weighted by Gasteiger charge is 2.30. The second-order valence-corrected chi connectivity index (χ2v) is 8.42. The number of nitrogens with one attached hydrogen (secondary N) is 1. The third-order valence-electron chi connectivity index (χ3n) is 4.98. The predicted molar refractivity (Wildman–Crippen MR) is 112 cm³/mol. The summed E-state index contributed by atoms with van der Waals surface area (Å²) in [7, 11) is 0. The second kappa shape index (κ2) is 9.76. The van der Waals surface area contributed by atoms with Crippen molar-refractivity contribution >= 4 is 23.6 Å². The van der Waals surface area contributed by atoms with E-state index in [9.17, 15) is 14.4 Å². The van der Waals surface area contributed by atoms with E-state index in [-0.39, 0.29) is 23.8 Å². The van der Waals surface area contributed by atoms with Crippen molar-refractivity contribution < 1.29 is 19.1 Å². The van der Waals surface area contributed by atoms with Gasteiger partial charge in [0.2, 0.25) is 11.8 Å². The molecule has 0 radical (unpaired) electrons. The zero-order valence-electron chi connectivity index (χ0n) is 18.2. The van der Waals surface area contributed by atoms with Crippen molar-refractivity contribution in [1.82, 2.24) is 9.80 Å². The molecule has 0 atom stereocenters. The highest BCUT2D eigenvalue weighted by atomic mass is 16.6. The number of carbonyl (C=O) groups excluding carboxylic acids is 3. The lowest BCUT2D eigenvalue weighted by Gasteiger charge is -2.33. The van der Waals surface area contributed by atoms with E-state index in [0.29, 0.717) is 39.0 Å². The molecular formula is C22H33N3O4. The largest absolute Gasteiger partial charge is 0.444 e. The van der Waals surface area contributed by atoms with Crippen LogP contribution in [-0.2, 0) is 20.9 Å². The molecule has 7 heteroatoms. The Morgan fingerprint density at radius 3 is 2.34 bits per heavy atom. The van der Waals surface area contributed by atoms with Crippen molar-refractivity contribution in [3.05, 3.63) is 29.8 Å². The Labute approximate surface area is 173 Å². The molecule has 0 aliphatic carbocycles. The van der Waals surface area contributed by atoms with Gasteiger partial charge in [-0.3, -0.25) is 9.59 Å². The van der Waals surface area contributed by atoms with E-state index in [1.807, 2.05) is 52.0 Å². The molecule has 160 valence electrons. The number of amides is 3. The number of hydrogen-bond acceptors (Lipinski definition) is 4. The van der Waals surface area contributed by atoms with Gasteiger partial charge in [-0.25, -0.2) is 4.79 Å². The SMILES string of the molecule is CCN(Cc1ccccc1NC(=O)C1CCN(C(=O)OC(C)(C)C)CC1)C(C)=O. The number of benzene rings is 1. The van der Waals surface area contributed by atoms with Crippen LogP contribution in [0.25, 0.3) is 0 Å². The predicted octanol–water partition coefficient (Wildman–Crippen LogP) is 3.64. The lowest BCUT2D eigenvalue weighted by molar-refractivity contribution is -0.129. The normalized spacial score (nSPS) is 15.0. The Balaban J connectivity index is 1.95. The molecule has 1 N–H and O–H groups in total. The molecule has 0 spiro atoms. The van der Waals surface area contributed by atoms with Crippen molar-refractivity contribution in [3.63, 3.8) is 0 Å². The maximum Gasteiger partial charge on any atom is 0.410 e. The van der Waals surface area contributed by atoms with Crippen LogP contribution in [0, 0.1) is 5.92 Å². The fourth-order valence-electron chi connectivity index (χ4n) is 3.32. The lowest BCUT2D eigenvalue weighted by atomic mass is 9.96. The molecule has 7 nitrogen and oxygen atoms in total. The van der Waals surface area contributed by atoms with E-state index in [0.717, 1.165) is 11.3 Å². The second-order valence-electron chi connectivity index (χ2n) is 8.42. The van der Waals surface area contributed by atoms with Gasteiger partial charge in [-0.2, -0.15) is 0 Å². The molecule has 2 rings (SSSR count). The number of hydrogen-bond donors (Lipinski definition) is 1. The minimum absolute atomic E-state index is 0.00291. The quantitative estimate of drug-likeness (QED) is 0.814. The molecule has 0 saturated carbocycles. The number of piperidine rings is 1. The zero-order chi connectivity index (χ0) is 21.6. The van der Waals surface area contributed by atoms with Gasteiger partial charge in [-0.05, 0) is 52.2 Å². The van der Waals surface area contributed by atoms with Crippen LogP contribution >= 0.6 is 0 Å². The Morgan fingerprint density at radius 1 is 1.17 bits per heavy atom. The minimum atomic E-state index is -0.527. The van der Waals surface area contributed by atoms with Crippen molar-refractivity contribution in [1.29, 1.82) is 0 Å². The maximum atomic E-state index is 12.8. The summed E-state index contributed by atoms with van der Waals surface area (Å²) in [5.74, 6) is -0.202. The van der Waals surface area contributed by atoms with Crippen molar-refractivity contribution in [2.75, 3.05) is 25.0 Å². The smallest absolute Gasteiger partial charge is 0.410 e. The number of nitrogens with zero attached hydrogens (tertiary/aromatic N) is 2. The first-order chi connectivity index (χ1) is 13.6. The van der Waals surface area contributed by atoms with E-state index >= 15 is 0 Å². The van der Waals surface area contributed by atoms with E-state index in [2.05, 4.69) is 5.32 Å². The van der Waals surface area contributed by atoms with Gasteiger partial charge in [-0.15, -0.1) is 0 Å². The van der Waals surface area contributed by atoms with Crippen LogP contribution in [0.4, 0.5) is 10.5 Å². The molecule has 1 fully saturated rings. The van der Waals surface area contributed by atoms with Gasteiger partial charge in [-0.1, -0.05) is 18.2 Å².